The highest BCUT2D eigenvalue weighted by atomic mass is 16.5. The lowest BCUT2D eigenvalue weighted by Gasteiger charge is -2.12. The van der Waals surface area contributed by atoms with Gasteiger partial charge in [-0.1, -0.05) is 36.4 Å². The van der Waals surface area contributed by atoms with Crippen LogP contribution in [0.1, 0.15) is 10.4 Å². The molecule has 0 saturated carbocycles. The third-order valence-electron chi connectivity index (χ3n) is 4.08. The van der Waals surface area contributed by atoms with Gasteiger partial charge in [0.25, 0.3) is 5.91 Å². The number of aromatic nitrogens is 3. The maximum atomic E-state index is 12.7. The molecule has 0 radical (unpaired) electrons. The number of nitrogens with one attached hydrogen (secondary N) is 1. The molecular weight excluding hydrogens is 328 g/mol. The van der Waals surface area contributed by atoms with Gasteiger partial charge < -0.3 is 10.1 Å². The standard InChI is InChI=1S/C20H16N4O2/c1-26-18-12-15(14-6-3-2-4-7-14)8-9-17(18)23-20(25)16-13-22-24-11-5-10-21-19(16)24/h2-13H,1H3,(H,23,25). The molecule has 2 heterocycles. The summed E-state index contributed by atoms with van der Waals surface area (Å²) in [6.07, 6.45) is 4.87. The number of hydrogen-bond acceptors (Lipinski definition) is 4. The lowest BCUT2D eigenvalue weighted by molar-refractivity contribution is 0.102. The molecule has 0 bridgehead atoms. The molecule has 2 aromatic heterocycles. The SMILES string of the molecule is COc1cc(-c2ccccc2)ccc1NC(=O)c1cnn2cccnc12. The minimum absolute atomic E-state index is 0.288. The summed E-state index contributed by atoms with van der Waals surface area (Å²) in [6.45, 7) is 0. The van der Waals surface area contributed by atoms with E-state index in [-0.39, 0.29) is 5.91 Å². The molecule has 0 aliphatic rings. The zero-order chi connectivity index (χ0) is 17.9. The molecule has 1 amide bonds. The molecule has 26 heavy (non-hydrogen) atoms. The van der Waals surface area contributed by atoms with E-state index in [0.29, 0.717) is 22.6 Å². The van der Waals surface area contributed by atoms with E-state index in [9.17, 15) is 4.79 Å². The monoisotopic (exact) mass is 344 g/mol. The van der Waals surface area contributed by atoms with Gasteiger partial charge in [-0.3, -0.25) is 4.79 Å². The summed E-state index contributed by atoms with van der Waals surface area (Å²) in [5.41, 5.74) is 3.59. The van der Waals surface area contributed by atoms with E-state index in [1.54, 1.807) is 30.1 Å². The number of carbonyl (C=O) groups is 1. The molecule has 6 heteroatoms. The molecule has 0 atom stereocenters. The number of hydrogen-bond donors (Lipinski definition) is 1. The van der Waals surface area contributed by atoms with Gasteiger partial charge in [0.1, 0.15) is 11.3 Å². The summed E-state index contributed by atoms with van der Waals surface area (Å²) in [7, 11) is 1.58. The van der Waals surface area contributed by atoms with E-state index in [4.69, 9.17) is 4.74 Å². The summed E-state index contributed by atoms with van der Waals surface area (Å²) < 4.78 is 7.02. The second-order valence-corrected chi connectivity index (χ2v) is 5.68. The largest absolute Gasteiger partial charge is 0.495 e. The number of carbonyl (C=O) groups excluding carboxylic acids is 1. The smallest absolute Gasteiger partial charge is 0.261 e. The maximum Gasteiger partial charge on any atom is 0.261 e. The number of benzene rings is 2. The summed E-state index contributed by atoms with van der Waals surface area (Å²) in [5, 5.41) is 7.02. The molecule has 1 N–H and O–H groups in total. The van der Waals surface area contributed by atoms with Crippen molar-refractivity contribution in [1.82, 2.24) is 14.6 Å². The van der Waals surface area contributed by atoms with Crippen LogP contribution in [0.5, 0.6) is 5.75 Å². The van der Waals surface area contributed by atoms with Crippen molar-refractivity contribution in [3.8, 4) is 16.9 Å². The predicted octanol–water partition coefficient (Wildman–Crippen LogP) is 3.66. The highest BCUT2D eigenvalue weighted by Crippen LogP contribution is 2.31. The van der Waals surface area contributed by atoms with Crippen molar-refractivity contribution in [1.29, 1.82) is 0 Å². The van der Waals surface area contributed by atoms with E-state index in [0.717, 1.165) is 11.1 Å². The van der Waals surface area contributed by atoms with Crippen LogP contribution >= 0.6 is 0 Å². The van der Waals surface area contributed by atoms with Crippen LogP contribution in [-0.4, -0.2) is 27.6 Å². The Kier molecular flexibility index (Phi) is 4.07. The minimum Gasteiger partial charge on any atom is -0.495 e. The molecule has 0 saturated heterocycles. The Morgan fingerprint density at radius 3 is 2.73 bits per heavy atom. The van der Waals surface area contributed by atoms with Crippen LogP contribution in [0.25, 0.3) is 16.8 Å². The maximum absolute atomic E-state index is 12.7. The minimum atomic E-state index is -0.288. The molecule has 0 fully saturated rings. The molecule has 128 valence electrons. The fraction of sp³-hybridized carbons (Fsp3) is 0.0500. The molecule has 6 nitrogen and oxygen atoms in total. The Bertz CT molecular complexity index is 1070. The van der Waals surface area contributed by atoms with Crippen molar-refractivity contribution in [3.05, 3.63) is 78.8 Å². The van der Waals surface area contributed by atoms with Gasteiger partial charge in [-0.25, -0.2) is 9.50 Å². The van der Waals surface area contributed by atoms with Gasteiger partial charge in [-0.15, -0.1) is 0 Å². The number of rotatable bonds is 4. The Morgan fingerprint density at radius 1 is 1.08 bits per heavy atom. The molecule has 0 spiro atoms. The summed E-state index contributed by atoms with van der Waals surface area (Å²) >= 11 is 0. The zero-order valence-electron chi connectivity index (χ0n) is 14.1. The summed E-state index contributed by atoms with van der Waals surface area (Å²) in [6, 6.07) is 17.4. The normalized spacial score (nSPS) is 10.7. The highest BCUT2D eigenvalue weighted by Gasteiger charge is 2.16. The number of nitrogens with zero attached hydrogens (tertiary/aromatic N) is 3. The van der Waals surface area contributed by atoms with Crippen molar-refractivity contribution in [2.75, 3.05) is 12.4 Å². The Morgan fingerprint density at radius 2 is 1.92 bits per heavy atom. The zero-order valence-corrected chi connectivity index (χ0v) is 14.1. The lowest BCUT2D eigenvalue weighted by Crippen LogP contribution is -2.12. The molecule has 4 aromatic rings. The molecule has 0 unspecified atom stereocenters. The van der Waals surface area contributed by atoms with Gasteiger partial charge in [0.2, 0.25) is 0 Å². The third kappa shape index (κ3) is 2.88. The van der Waals surface area contributed by atoms with E-state index in [1.165, 1.54) is 6.20 Å². The molecule has 2 aromatic carbocycles. The van der Waals surface area contributed by atoms with Crippen LogP contribution in [0.4, 0.5) is 5.69 Å². The Hall–Kier alpha value is -3.67. The lowest BCUT2D eigenvalue weighted by atomic mass is 10.0. The fourth-order valence-electron chi connectivity index (χ4n) is 2.78. The third-order valence-corrected chi connectivity index (χ3v) is 4.08. The second-order valence-electron chi connectivity index (χ2n) is 5.68. The van der Waals surface area contributed by atoms with Crippen LogP contribution in [-0.2, 0) is 0 Å². The molecular formula is C20H16N4O2. The van der Waals surface area contributed by atoms with Crippen LogP contribution < -0.4 is 10.1 Å². The van der Waals surface area contributed by atoms with E-state index < -0.39 is 0 Å². The number of ether oxygens (including phenoxy) is 1. The van der Waals surface area contributed by atoms with Gasteiger partial charge in [0.15, 0.2) is 5.65 Å². The first-order valence-electron chi connectivity index (χ1n) is 8.09. The first-order valence-corrected chi connectivity index (χ1v) is 8.09. The molecule has 4 rings (SSSR count). The van der Waals surface area contributed by atoms with Crippen LogP contribution in [0.15, 0.2) is 73.2 Å². The Labute approximate surface area is 150 Å². The van der Waals surface area contributed by atoms with Crippen molar-refractivity contribution >= 4 is 17.2 Å². The number of methoxy groups -OCH3 is 1. The molecule has 0 aliphatic heterocycles. The van der Waals surface area contributed by atoms with Crippen LogP contribution in [0.2, 0.25) is 0 Å². The van der Waals surface area contributed by atoms with Crippen molar-refractivity contribution in [3.63, 3.8) is 0 Å². The van der Waals surface area contributed by atoms with Crippen LogP contribution in [0.3, 0.4) is 0 Å². The molecule has 0 aliphatic carbocycles. The number of anilines is 1. The van der Waals surface area contributed by atoms with E-state index in [2.05, 4.69) is 15.4 Å². The van der Waals surface area contributed by atoms with Gasteiger partial charge in [-0.2, -0.15) is 5.10 Å². The van der Waals surface area contributed by atoms with Crippen LogP contribution in [0, 0.1) is 0 Å². The topological polar surface area (TPSA) is 68.5 Å². The van der Waals surface area contributed by atoms with Crippen molar-refractivity contribution < 1.29 is 9.53 Å². The summed E-state index contributed by atoms with van der Waals surface area (Å²) in [5.74, 6) is 0.300. The van der Waals surface area contributed by atoms with Crippen molar-refractivity contribution in [2.45, 2.75) is 0 Å². The summed E-state index contributed by atoms with van der Waals surface area (Å²) in [4.78, 5) is 16.9. The number of amides is 1. The van der Waals surface area contributed by atoms with E-state index in [1.807, 2.05) is 48.5 Å². The quantitative estimate of drug-likeness (QED) is 0.613. The van der Waals surface area contributed by atoms with E-state index >= 15 is 0 Å². The van der Waals surface area contributed by atoms with Crippen molar-refractivity contribution in [2.24, 2.45) is 0 Å². The second kappa shape index (κ2) is 6.68. The predicted molar refractivity (Wildman–Crippen MR) is 99.4 cm³/mol. The number of fused-ring (bicyclic) bond motifs is 1. The van der Waals surface area contributed by atoms with Gasteiger partial charge in [-0.05, 0) is 29.3 Å². The average molecular weight is 344 g/mol. The Balaban J connectivity index is 1.64. The first kappa shape index (κ1) is 15.8. The van der Waals surface area contributed by atoms with Gasteiger partial charge >= 0.3 is 0 Å². The highest BCUT2D eigenvalue weighted by molar-refractivity contribution is 6.08. The van der Waals surface area contributed by atoms with Gasteiger partial charge in [0, 0.05) is 12.4 Å². The average Bonchev–Trinajstić information content (AvgIpc) is 3.13. The van der Waals surface area contributed by atoms with Gasteiger partial charge in [0.05, 0.1) is 19.0 Å². The fourth-order valence-corrected chi connectivity index (χ4v) is 2.78. The first-order chi connectivity index (χ1) is 12.8.